The Kier molecular flexibility index (Phi) is 4.24. The lowest BCUT2D eigenvalue weighted by molar-refractivity contribution is 0.0780. The molecule has 106 valence electrons. The highest BCUT2D eigenvalue weighted by molar-refractivity contribution is 5.92. The highest BCUT2D eigenvalue weighted by Gasteiger charge is 2.28. The summed E-state index contributed by atoms with van der Waals surface area (Å²) < 4.78 is 1.82. The Morgan fingerprint density at radius 3 is 2.89 bits per heavy atom. The van der Waals surface area contributed by atoms with Crippen molar-refractivity contribution in [2.24, 2.45) is 13.0 Å². The van der Waals surface area contributed by atoms with Gasteiger partial charge in [-0.2, -0.15) is 5.10 Å². The molecular weight excluding hydrogens is 240 g/mol. The smallest absolute Gasteiger partial charge is 0.274 e. The van der Waals surface area contributed by atoms with E-state index in [1.807, 2.05) is 29.7 Å². The van der Waals surface area contributed by atoms with Crippen LogP contribution in [0, 0.1) is 5.92 Å². The second-order valence-corrected chi connectivity index (χ2v) is 5.70. The molecule has 1 aliphatic heterocycles. The van der Waals surface area contributed by atoms with Gasteiger partial charge in [0.05, 0.1) is 0 Å². The minimum Gasteiger partial charge on any atom is -0.337 e. The van der Waals surface area contributed by atoms with Crippen molar-refractivity contribution in [2.45, 2.75) is 26.2 Å². The lowest BCUT2D eigenvalue weighted by Crippen LogP contribution is -2.30. The number of hydrogen-bond donors (Lipinski definition) is 1. The number of amides is 1. The van der Waals surface area contributed by atoms with E-state index in [1.165, 1.54) is 0 Å². The van der Waals surface area contributed by atoms with Gasteiger partial charge in [-0.25, -0.2) is 0 Å². The quantitative estimate of drug-likeness (QED) is 0.889. The van der Waals surface area contributed by atoms with Gasteiger partial charge in [-0.05, 0) is 37.9 Å². The average Bonchev–Trinajstić information content (AvgIpc) is 2.95. The third-order valence-electron chi connectivity index (χ3n) is 3.79. The standard InChI is InChI=1S/C14H24N4O/c1-10(2)13-7-12(16-17(13)4)14(19)18-6-5-11(9-18)8-15-3/h7,10-11,15H,5-6,8-9H2,1-4H3/t11-/m1/s1. The van der Waals surface area contributed by atoms with Gasteiger partial charge in [-0.15, -0.1) is 0 Å². The molecule has 5 nitrogen and oxygen atoms in total. The fourth-order valence-electron chi connectivity index (χ4n) is 2.76. The molecule has 5 heteroatoms. The zero-order valence-corrected chi connectivity index (χ0v) is 12.3. The van der Waals surface area contributed by atoms with Crippen LogP contribution < -0.4 is 5.32 Å². The maximum absolute atomic E-state index is 12.4. The van der Waals surface area contributed by atoms with Crippen molar-refractivity contribution in [3.8, 4) is 0 Å². The Hall–Kier alpha value is -1.36. The van der Waals surface area contributed by atoms with Gasteiger partial charge < -0.3 is 10.2 Å². The van der Waals surface area contributed by atoms with E-state index in [0.29, 0.717) is 17.5 Å². The number of likely N-dealkylation sites (tertiary alicyclic amines) is 1. The molecule has 1 fully saturated rings. The molecule has 2 rings (SSSR count). The van der Waals surface area contributed by atoms with Crippen molar-refractivity contribution < 1.29 is 4.79 Å². The van der Waals surface area contributed by atoms with Crippen molar-refractivity contribution in [3.63, 3.8) is 0 Å². The Morgan fingerprint density at radius 2 is 2.32 bits per heavy atom. The summed E-state index contributed by atoms with van der Waals surface area (Å²) in [5.41, 5.74) is 1.69. The first kappa shape index (κ1) is 14.1. The van der Waals surface area contributed by atoms with E-state index >= 15 is 0 Å². The zero-order valence-electron chi connectivity index (χ0n) is 12.3. The highest BCUT2D eigenvalue weighted by Crippen LogP contribution is 2.20. The highest BCUT2D eigenvalue weighted by atomic mass is 16.2. The molecule has 0 unspecified atom stereocenters. The molecule has 2 heterocycles. The second-order valence-electron chi connectivity index (χ2n) is 5.70. The summed E-state index contributed by atoms with van der Waals surface area (Å²) in [5, 5.41) is 7.54. The monoisotopic (exact) mass is 264 g/mol. The number of carbonyl (C=O) groups excluding carboxylic acids is 1. The maximum Gasteiger partial charge on any atom is 0.274 e. The van der Waals surface area contributed by atoms with Crippen molar-refractivity contribution in [1.29, 1.82) is 0 Å². The van der Waals surface area contributed by atoms with Crippen molar-refractivity contribution in [1.82, 2.24) is 20.0 Å². The first-order chi connectivity index (χ1) is 9.02. The van der Waals surface area contributed by atoms with Crippen LogP contribution in [0.1, 0.15) is 42.4 Å². The number of carbonyl (C=O) groups is 1. The molecule has 1 aromatic rings. The molecule has 1 atom stereocenters. The molecule has 0 radical (unpaired) electrons. The molecule has 19 heavy (non-hydrogen) atoms. The van der Waals surface area contributed by atoms with Gasteiger partial charge in [0.25, 0.3) is 5.91 Å². The number of rotatable bonds is 4. The Balaban J connectivity index is 2.06. The van der Waals surface area contributed by atoms with E-state index < -0.39 is 0 Å². The lowest BCUT2D eigenvalue weighted by atomic mass is 10.1. The van der Waals surface area contributed by atoms with Gasteiger partial charge in [0, 0.05) is 25.8 Å². The van der Waals surface area contributed by atoms with Crippen LogP contribution in [0.25, 0.3) is 0 Å². The summed E-state index contributed by atoms with van der Waals surface area (Å²) in [6, 6.07) is 1.93. The van der Waals surface area contributed by atoms with Gasteiger partial charge >= 0.3 is 0 Å². The molecule has 0 aliphatic carbocycles. The van der Waals surface area contributed by atoms with Gasteiger partial charge in [-0.1, -0.05) is 13.8 Å². The van der Waals surface area contributed by atoms with Gasteiger partial charge in [0.2, 0.25) is 0 Å². The summed E-state index contributed by atoms with van der Waals surface area (Å²) in [7, 11) is 3.86. The van der Waals surface area contributed by atoms with Crippen LogP contribution in [0.4, 0.5) is 0 Å². The van der Waals surface area contributed by atoms with Crippen LogP contribution in [-0.4, -0.2) is 47.3 Å². The van der Waals surface area contributed by atoms with Crippen LogP contribution in [-0.2, 0) is 7.05 Å². The van der Waals surface area contributed by atoms with Gasteiger partial charge in [0.15, 0.2) is 5.69 Å². The lowest BCUT2D eigenvalue weighted by Gasteiger charge is -2.14. The Labute approximate surface area is 115 Å². The minimum atomic E-state index is 0.0705. The predicted molar refractivity (Wildman–Crippen MR) is 75.2 cm³/mol. The fraction of sp³-hybridized carbons (Fsp3) is 0.714. The topological polar surface area (TPSA) is 50.2 Å². The molecule has 1 N–H and O–H groups in total. The van der Waals surface area contributed by atoms with E-state index in [9.17, 15) is 4.79 Å². The summed E-state index contributed by atoms with van der Waals surface area (Å²) in [6.45, 7) is 6.89. The summed E-state index contributed by atoms with van der Waals surface area (Å²) in [5.74, 6) is 1.03. The average molecular weight is 264 g/mol. The number of aryl methyl sites for hydroxylation is 1. The molecule has 1 saturated heterocycles. The molecule has 0 bridgehead atoms. The summed E-state index contributed by atoms with van der Waals surface area (Å²) >= 11 is 0. The van der Waals surface area contributed by atoms with E-state index in [-0.39, 0.29) is 5.91 Å². The third kappa shape index (κ3) is 2.97. The molecule has 0 aromatic carbocycles. The number of hydrogen-bond acceptors (Lipinski definition) is 3. The van der Waals surface area contributed by atoms with Crippen molar-refractivity contribution >= 4 is 5.91 Å². The summed E-state index contributed by atoms with van der Waals surface area (Å²) in [4.78, 5) is 14.3. The number of nitrogens with zero attached hydrogens (tertiary/aromatic N) is 3. The van der Waals surface area contributed by atoms with Crippen LogP contribution in [0.3, 0.4) is 0 Å². The maximum atomic E-state index is 12.4. The first-order valence-corrected chi connectivity index (χ1v) is 7.00. The fourth-order valence-corrected chi connectivity index (χ4v) is 2.76. The van der Waals surface area contributed by atoms with Crippen LogP contribution in [0.15, 0.2) is 6.07 Å². The largest absolute Gasteiger partial charge is 0.337 e. The minimum absolute atomic E-state index is 0.0705. The second kappa shape index (κ2) is 5.74. The van der Waals surface area contributed by atoms with Crippen molar-refractivity contribution in [3.05, 3.63) is 17.5 Å². The normalized spacial score (nSPS) is 19.4. The van der Waals surface area contributed by atoms with E-state index in [2.05, 4.69) is 24.3 Å². The molecule has 0 saturated carbocycles. The van der Waals surface area contributed by atoms with E-state index in [4.69, 9.17) is 0 Å². The van der Waals surface area contributed by atoms with Crippen molar-refractivity contribution in [2.75, 3.05) is 26.7 Å². The van der Waals surface area contributed by atoms with Crippen LogP contribution in [0.5, 0.6) is 0 Å². The SMILES string of the molecule is CNC[C@H]1CCN(C(=O)c2cc(C(C)C)n(C)n2)C1. The van der Waals surface area contributed by atoms with Crippen LogP contribution >= 0.6 is 0 Å². The Morgan fingerprint density at radius 1 is 1.58 bits per heavy atom. The Bertz CT molecular complexity index is 452. The molecule has 1 aliphatic rings. The summed E-state index contributed by atoms with van der Waals surface area (Å²) in [6.07, 6.45) is 1.08. The third-order valence-corrected chi connectivity index (χ3v) is 3.79. The van der Waals surface area contributed by atoms with E-state index in [1.54, 1.807) is 0 Å². The molecule has 0 spiro atoms. The van der Waals surface area contributed by atoms with Crippen LogP contribution in [0.2, 0.25) is 0 Å². The predicted octanol–water partition coefficient (Wildman–Crippen LogP) is 1.22. The zero-order chi connectivity index (χ0) is 14.0. The molecular formula is C14H24N4O. The van der Waals surface area contributed by atoms with Gasteiger partial charge in [-0.3, -0.25) is 9.48 Å². The van der Waals surface area contributed by atoms with E-state index in [0.717, 1.165) is 31.7 Å². The number of aromatic nitrogens is 2. The van der Waals surface area contributed by atoms with Gasteiger partial charge in [0.1, 0.15) is 0 Å². The molecule has 1 aromatic heterocycles. The molecule has 1 amide bonds. The first-order valence-electron chi connectivity index (χ1n) is 7.00. The number of nitrogens with one attached hydrogen (secondary N) is 1.